The molecule has 0 saturated carbocycles. The zero-order valence-corrected chi connectivity index (χ0v) is 9.17. The van der Waals surface area contributed by atoms with Crippen molar-refractivity contribution in [1.29, 1.82) is 0 Å². The van der Waals surface area contributed by atoms with Gasteiger partial charge in [0, 0.05) is 10.0 Å². The highest BCUT2D eigenvalue weighted by atomic mass is 79.9. The summed E-state index contributed by atoms with van der Waals surface area (Å²) >= 11 is 14.5. The second kappa shape index (κ2) is 4.77. The van der Waals surface area contributed by atoms with Gasteiger partial charge in [-0.25, -0.2) is 0 Å². The van der Waals surface area contributed by atoms with E-state index in [1.807, 2.05) is 12.1 Å². The third kappa shape index (κ3) is 2.71. The van der Waals surface area contributed by atoms with E-state index in [-0.39, 0.29) is 0 Å². The van der Waals surface area contributed by atoms with Gasteiger partial charge in [0.15, 0.2) is 0 Å². The molecular weight excluding hydrogens is 259 g/mol. The van der Waals surface area contributed by atoms with Crippen LogP contribution in [-0.2, 0) is 0 Å². The Morgan fingerprint density at radius 3 is 2.75 bits per heavy atom. The molecule has 0 radical (unpaired) electrons. The number of rotatable bonds is 0. The van der Waals surface area contributed by atoms with Crippen LogP contribution in [0.5, 0.6) is 0 Å². The van der Waals surface area contributed by atoms with Gasteiger partial charge in [0.25, 0.3) is 0 Å². The lowest BCUT2D eigenvalue weighted by molar-refractivity contribution is 1.60. The second-order valence-electron chi connectivity index (χ2n) is 2.06. The Kier molecular flexibility index (Phi) is 3.94. The quantitative estimate of drug-likeness (QED) is 0.495. The molecule has 0 unspecified atom stereocenters. The minimum atomic E-state index is 0.341. The van der Waals surface area contributed by atoms with Gasteiger partial charge in [0.05, 0.1) is 10.9 Å². The summed E-state index contributed by atoms with van der Waals surface area (Å²) in [6, 6.07) is 5.54. The summed E-state index contributed by atoms with van der Waals surface area (Å²) in [5, 5.41) is 0.663. The largest absolute Gasteiger partial charge is 0.113 e. The highest BCUT2D eigenvalue weighted by molar-refractivity contribution is 9.10. The van der Waals surface area contributed by atoms with Gasteiger partial charge in [-0.2, -0.15) is 0 Å². The van der Waals surface area contributed by atoms with E-state index < -0.39 is 0 Å². The van der Waals surface area contributed by atoms with Crippen LogP contribution in [0.3, 0.4) is 0 Å². The Hall–Kier alpha value is -0.160. The monoisotopic (exact) mass is 262 g/mol. The van der Waals surface area contributed by atoms with Gasteiger partial charge < -0.3 is 0 Å². The topological polar surface area (TPSA) is 0 Å². The van der Waals surface area contributed by atoms with Gasteiger partial charge in [-0.1, -0.05) is 23.4 Å². The predicted molar refractivity (Wildman–Crippen MR) is 56.8 cm³/mol. The van der Waals surface area contributed by atoms with E-state index >= 15 is 0 Å². The van der Waals surface area contributed by atoms with E-state index in [9.17, 15) is 0 Å². The molecule has 0 bridgehead atoms. The fraction of sp³-hybridized carbons (Fsp3) is 0.111. The van der Waals surface area contributed by atoms with Crippen LogP contribution in [0.1, 0.15) is 5.56 Å². The maximum atomic E-state index is 5.85. The molecule has 0 aliphatic carbocycles. The molecule has 0 heterocycles. The normalized spacial score (nSPS) is 8.92. The highest BCUT2D eigenvalue weighted by Crippen LogP contribution is 2.22. The number of alkyl halides is 1. The van der Waals surface area contributed by atoms with Crippen molar-refractivity contribution in [3.8, 4) is 11.8 Å². The number of hydrogen-bond donors (Lipinski definition) is 0. The van der Waals surface area contributed by atoms with Crippen LogP contribution in [0, 0.1) is 11.8 Å². The second-order valence-corrected chi connectivity index (χ2v) is 3.59. The Morgan fingerprint density at radius 1 is 1.42 bits per heavy atom. The third-order valence-corrected chi connectivity index (χ3v) is 2.59. The van der Waals surface area contributed by atoms with E-state index in [1.165, 1.54) is 0 Å². The third-order valence-electron chi connectivity index (χ3n) is 1.22. The summed E-state index contributed by atoms with van der Waals surface area (Å²) in [5.74, 6) is 5.97. The van der Waals surface area contributed by atoms with E-state index in [1.54, 1.807) is 6.07 Å². The molecule has 0 aromatic heterocycles. The van der Waals surface area contributed by atoms with Crippen molar-refractivity contribution in [2.75, 3.05) is 5.88 Å². The number of hydrogen-bond acceptors (Lipinski definition) is 0. The van der Waals surface area contributed by atoms with Crippen molar-refractivity contribution in [3.05, 3.63) is 33.3 Å². The van der Waals surface area contributed by atoms with Crippen molar-refractivity contribution >= 4 is 39.1 Å². The molecule has 1 aromatic carbocycles. The Morgan fingerprint density at radius 2 is 2.17 bits per heavy atom. The molecular formula is C9H5BrCl2. The van der Waals surface area contributed by atoms with Gasteiger partial charge >= 0.3 is 0 Å². The molecule has 0 N–H and O–H groups in total. The average Bonchev–Trinajstić information content (AvgIpc) is 2.07. The van der Waals surface area contributed by atoms with Gasteiger partial charge in [0.1, 0.15) is 0 Å². The van der Waals surface area contributed by atoms with E-state index in [0.29, 0.717) is 10.9 Å². The molecule has 0 aliphatic rings. The van der Waals surface area contributed by atoms with Crippen molar-refractivity contribution in [2.45, 2.75) is 0 Å². The summed E-state index contributed by atoms with van der Waals surface area (Å²) in [6.07, 6.45) is 0. The zero-order chi connectivity index (χ0) is 8.97. The molecule has 3 heteroatoms. The van der Waals surface area contributed by atoms with Crippen molar-refractivity contribution in [2.24, 2.45) is 0 Å². The first-order valence-corrected chi connectivity index (χ1v) is 4.94. The molecule has 0 fully saturated rings. The van der Waals surface area contributed by atoms with Gasteiger partial charge in [-0.05, 0) is 34.1 Å². The minimum Gasteiger partial charge on any atom is -0.113 e. The first-order valence-electron chi connectivity index (χ1n) is 3.24. The first-order chi connectivity index (χ1) is 5.74. The van der Waals surface area contributed by atoms with Gasteiger partial charge in [-0.15, -0.1) is 11.6 Å². The summed E-state index contributed by atoms with van der Waals surface area (Å²) in [7, 11) is 0. The number of halogens is 3. The fourth-order valence-corrected chi connectivity index (χ4v) is 1.20. The smallest absolute Gasteiger partial charge is 0.0839 e. The standard InChI is InChI=1S/C9H5BrCl2/c10-8-4-3-7(2-1-5-11)6-9(8)12/h3-4,6H,5H2. The van der Waals surface area contributed by atoms with Crippen molar-refractivity contribution in [3.63, 3.8) is 0 Å². The maximum absolute atomic E-state index is 5.85. The zero-order valence-electron chi connectivity index (χ0n) is 6.07. The predicted octanol–water partition coefficient (Wildman–Crippen LogP) is 3.69. The average molecular weight is 264 g/mol. The summed E-state index contributed by atoms with van der Waals surface area (Å²) in [5.41, 5.74) is 0.879. The lowest BCUT2D eigenvalue weighted by Crippen LogP contribution is -1.75. The van der Waals surface area contributed by atoms with E-state index in [4.69, 9.17) is 23.2 Å². The summed E-state index contributed by atoms with van der Waals surface area (Å²) in [4.78, 5) is 0. The van der Waals surface area contributed by atoms with Crippen LogP contribution in [0.15, 0.2) is 22.7 Å². The molecule has 62 valence electrons. The Bertz CT molecular complexity index is 336. The van der Waals surface area contributed by atoms with Crippen molar-refractivity contribution in [1.82, 2.24) is 0 Å². The van der Waals surface area contributed by atoms with Crippen LogP contribution in [0.4, 0.5) is 0 Å². The van der Waals surface area contributed by atoms with E-state index in [2.05, 4.69) is 27.8 Å². The van der Waals surface area contributed by atoms with Gasteiger partial charge in [0.2, 0.25) is 0 Å². The SMILES string of the molecule is ClCC#Cc1ccc(Br)c(Cl)c1. The van der Waals surface area contributed by atoms with E-state index in [0.717, 1.165) is 10.0 Å². The lowest BCUT2D eigenvalue weighted by atomic mass is 10.2. The van der Waals surface area contributed by atoms with Crippen LogP contribution < -0.4 is 0 Å². The highest BCUT2D eigenvalue weighted by Gasteiger charge is 1.95. The van der Waals surface area contributed by atoms with Crippen LogP contribution in [0.2, 0.25) is 5.02 Å². The molecule has 0 atom stereocenters. The molecule has 0 nitrogen and oxygen atoms in total. The van der Waals surface area contributed by atoms with Crippen molar-refractivity contribution < 1.29 is 0 Å². The molecule has 1 rings (SSSR count). The molecule has 0 aliphatic heterocycles. The Balaban J connectivity index is 2.97. The molecule has 0 saturated heterocycles. The summed E-state index contributed by atoms with van der Waals surface area (Å²) < 4.78 is 0.876. The first kappa shape index (κ1) is 9.92. The lowest BCUT2D eigenvalue weighted by Gasteiger charge is -1.94. The number of benzene rings is 1. The summed E-state index contributed by atoms with van der Waals surface area (Å²) in [6.45, 7) is 0. The minimum absolute atomic E-state index is 0.341. The molecule has 12 heavy (non-hydrogen) atoms. The Labute approximate surface area is 90.0 Å². The fourth-order valence-electron chi connectivity index (χ4n) is 0.709. The van der Waals surface area contributed by atoms with Crippen LogP contribution >= 0.6 is 39.1 Å². The van der Waals surface area contributed by atoms with Gasteiger partial charge in [-0.3, -0.25) is 0 Å². The molecule has 0 amide bonds. The molecule has 1 aromatic rings. The van der Waals surface area contributed by atoms with Crippen LogP contribution in [-0.4, -0.2) is 5.88 Å². The maximum Gasteiger partial charge on any atom is 0.0839 e. The molecule has 0 spiro atoms. The van der Waals surface area contributed by atoms with Crippen LogP contribution in [0.25, 0.3) is 0 Å².